The topological polar surface area (TPSA) is 58.6 Å². The number of benzene rings is 1. The van der Waals surface area contributed by atoms with Crippen molar-refractivity contribution in [3.8, 4) is 0 Å². The maximum absolute atomic E-state index is 11.6. The summed E-state index contributed by atoms with van der Waals surface area (Å²) in [6.07, 6.45) is 1.82. The Balaban J connectivity index is 2.25. The van der Waals surface area contributed by atoms with Crippen LogP contribution in [0.1, 0.15) is 24.8 Å². The zero-order chi connectivity index (χ0) is 13.9. The maximum atomic E-state index is 11.6. The zero-order valence-electron chi connectivity index (χ0n) is 10.8. The van der Waals surface area contributed by atoms with Gasteiger partial charge in [0.15, 0.2) is 0 Å². The third-order valence-corrected chi connectivity index (χ3v) is 3.05. The number of rotatable bonds is 8. The SMILES string of the molecule is O=C(N[C@H](CCl)CCCCO)OCc1ccccc1. The van der Waals surface area contributed by atoms with E-state index in [-0.39, 0.29) is 19.3 Å². The molecule has 1 atom stereocenters. The van der Waals surface area contributed by atoms with Gasteiger partial charge < -0.3 is 15.2 Å². The number of alkyl halides is 1. The van der Waals surface area contributed by atoms with Crippen molar-refractivity contribution in [2.24, 2.45) is 0 Å². The second-order valence-corrected chi connectivity index (χ2v) is 4.59. The molecule has 0 fully saturated rings. The highest BCUT2D eigenvalue weighted by molar-refractivity contribution is 6.18. The molecule has 1 aromatic rings. The highest BCUT2D eigenvalue weighted by Crippen LogP contribution is 2.04. The summed E-state index contributed by atoms with van der Waals surface area (Å²) in [6.45, 7) is 0.409. The molecule has 0 saturated carbocycles. The van der Waals surface area contributed by atoms with Gasteiger partial charge in [0.2, 0.25) is 0 Å². The fourth-order valence-corrected chi connectivity index (χ4v) is 1.85. The van der Waals surface area contributed by atoms with E-state index in [1.165, 1.54) is 0 Å². The molecule has 0 aliphatic carbocycles. The Morgan fingerprint density at radius 1 is 1.32 bits per heavy atom. The van der Waals surface area contributed by atoms with Crippen LogP contribution in [0.5, 0.6) is 0 Å². The first-order valence-electron chi connectivity index (χ1n) is 6.40. The number of amides is 1. The summed E-state index contributed by atoms with van der Waals surface area (Å²) in [5.41, 5.74) is 0.945. The fourth-order valence-electron chi connectivity index (χ4n) is 1.62. The van der Waals surface area contributed by atoms with Crippen LogP contribution in [0.4, 0.5) is 4.79 Å². The van der Waals surface area contributed by atoms with Crippen molar-refractivity contribution in [1.29, 1.82) is 0 Å². The van der Waals surface area contributed by atoms with Crippen molar-refractivity contribution in [3.63, 3.8) is 0 Å². The third-order valence-electron chi connectivity index (χ3n) is 2.68. The van der Waals surface area contributed by atoms with Crippen LogP contribution in [0, 0.1) is 0 Å². The van der Waals surface area contributed by atoms with Crippen LogP contribution in [0.25, 0.3) is 0 Å². The number of aliphatic hydroxyl groups is 1. The van der Waals surface area contributed by atoms with Gasteiger partial charge in [-0.05, 0) is 24.8 Å². The molecule has 1 rings (SSSR count). The third kappa shape index (κ3) is 7.03. The summed E-state index contributed by atoms with van der Waals surface area (Å²) in [4.78, 5) is 11.6. The molecular weight excluding hydrogens is 266 g/mol. The van der Waals surface area contributed by atoms with Crippen LogP contribution in [-0.2, 0) is 11.3 Å². The van der Waals surface area contributed by atoms with Gasteiger partial charge >= 0.3 is 6.09 Å². The number of carbonyl (C=O) groups excluding carboxylic acids is 1. The Morgan fingerprint density at radius 3 is 2.68 bits per heavy atom. The monoisotopic (exact) mass is 285 g/mol. The average Bonchev–Trinajstić information content (AvgIpc) is 2.45. The number of nitrogens with one attached hydrogen (secondary N) is 1. The number of ether oxygens (including phenoxy) is 1. The maximum Gasteiger partial charge on any atom is 0.407 e. The molecule has 0 bridgehead atoms. The van der Waals surface area contributed by atoms with Gasteiger partial charge in [0, 0.05) is 18.5 Å². The van der Waals surface area contributed by atoms with Gasteiger partial charge in [-0.1, -0.05) is 30.3 Å². The first kappa shape index (κ1) is 15.8. The predicted octanol–water partition coefficient (Wildman–Crippen LogP) is 2.68. The van der Waals surface area contributed by atoms with E-state index in [9.17, 15) is 4.79 Å². The first-order chi connectivity index (χ1) is 9.26. The van der Waals surface area contributed by atoms with E-state index >= 15 is 0 Å². The Morgan fingerprint density at radius 2 is 2.05 bits per heavy atom. The van der Waals surface area contributed by atoms with E-state index in [1.54, 1.807) is 0 Å². The van der Waals surface area contributed by atoms with Crippen LogP contribution in [-0.4, -0.2) is 29.7 Å². The van der Waals surface area contributed by atoms with Gasteiger partial charge in [0.25, 0.3) is 0 Å². The Kier molecular flexibility index (Phi) is 8.02. The molecule has 0 aliphatic heterocycles. The molecule has 106 valence electrons. The van der Waals surface area contributed by atoms with E-state index in [0.717, 1.165) is 18.4 Å². The number of hydrogen-bond donors (Lipinski definition) is 2. The minimum absolute atomic E-state index is 0.114. The van der Waals surface area contributed by atoms with Crippen LogP contribution < -0.4 is 5.32 Å². The van der Waals surface area contributed by atoms with Crippen molar-refractivity contribution < 1.29 is 14.6 Å². The van der Waals surface area contributed by atoms with Gasteiger partial charge in [0.1, 0.15) is 6.61 Å². The summed E-state index contributed by atoms with van der Waals surface area (Å²) in [5.74, 6) is 0.339. The first-order valence-corrected chi connectivity index (χ1v) is 6.93. The highest BCUT2D eigenvalue weighted by atomic mass is 35.5. The smallest absolute Gasteiger partial charge is 0.407 e. The minimum atomic E-state index is -0.460. The second-order valence-electron chi connectivity index (χ2n) is 4.28. The second kappa shape index (κ2) is 9.64. The van der Waals surface area contributed by atoms with Gasteiger partial charge in [-0.25, -0.2) is 4.79 Å². The molecule has 2 N–H and O–H groups in total. The summed E-state index contributed by atoms with van der Waals surface area (Å²) < 4.78 is 5.11. The highest BCUT2D eigenvalue weighted by Gasteiger charge is 2.11. The molecule has 19 heavy (non-hydrogen) atoms. The quantitative estimate of drug-likeness (QED) is 0.570. The fraction of sp³-hybridized carbons (Fsp3) is 0.500. The Bertz CT molecular complexity index is 359. The van der Waals surface area contributed by atoms with E-state index in [1.807, 2.05) is 30.3 Å². The zero-order valence-corrected chi connectivity index (χ0v) is 11.6. The number of alkyl carbamates (subject to hydrolysis) is 1. The van der Waals surface area contributed by atoms with Crippen LogP contribution >= 0.6 is 11.6 Å². The molecule has 0 spiro atoms. The Hall–Kier alpha value is -1.26. The van der Waals surface area contributed by atoms with Crippen molar-refractivity contribution in [1.82, 2.24) is 5.32 Å². The van der Waals surface area contributed by atoms with Gasteiger partial charge in [-0.3, -0.25) is 0 Å². The molecule has 1 amide bonds. The number of unbranched alkanes of at least 4 members (excludes halogenated alkanes) is 1. The largest absolute Gasteiger partial charge is 0.445 e. The summed E-state index contributed by atoms with van der Waals surface area (Å²) in [5, 5.41) is 11.4. The number of aliphatic hydroxyl groups excluding tert-OH is 1. The summed E-state index contributed by atoms with van der Waals surface area (Å²) >= 11 is 5.77. The van der Waals surface area contributed by atoms with Crippen molar-refractivity contribution in [3.05, 3.63) is 35.9 Å². The normalized spacial score (nSPS) is 11.9. The Labute approximate surface area is 118 Å². The van der Waals surface area contributed by atoms with Crippen LogP contribution in [0.3, 0.4) is 0 Å². The lowest BCUT2D eigenvalue weighted by Crippen LogP contribution is -2.36. The standard InChI is InChI=1S/C14H20ClNO3/c15-10-13(8-4-5-9-17)16-14(18)19-11-12-6-2-1-3-7-12/h1-3,6-7,13,17H,4-5,8-11H2,(H,16,18)/t13-/m0/s1. The number of halogens is 1. The van der Waals surface area contributed by atoms with Gasteiger partial charge in [-0.2, -0.15) is 0 Å². The van der Waals surface area contributed by atoms with E-state index in [0.29, 0.717) is 12.3 Å². The lowest BCUT2D eigenvalue weighted by Gasteiger charge is -2.15. The van der Waals surface area contributed by atoms with E-state index in [4.69, 9.17) is 21.4 Å². The van der Waals surface area contributed by atoms with Crippen molar-refractivity contribution in [2.45, 2.75) is 31.9 Å². The molecule has 0 heterocycles. The molecule has 0 radical (unpaired) electrons. The lowest BCUT2D eigenvalue weighted by molar-refractivity contribution is 0.136. The molecule has 5 heteroatoms. The van der Waals surface area contributed by atoms with Crippen LogP contribution in [0.2, 0.25) is 0 Å². The minimum Gasteiger partial charge on any atom is -0.445 e. The number of carbonyl (C=O) groups is 1. The molecular formula is C14H20ClNO3. The van der Waals surface area contributed by atoms with E-state index in [2.05, 4.69) is 5.32 Å². The summed E-state index contributed by atoms with van der Waals surface area (Å²) in [6, 6.07) is 9.38. The molecule has 0 aliphatic rings. The molecule has 0 saturated heterocycles. The summed E-state index contributed by atoms with van der Waals surface area (Å²) in [7, 11) is 0. The van der Waals surface area contributed by atoms with Crippen LogP contribution in [0.15, 0.2) is 30.3 Å². The lowest BCUT2D eigenvalue weighted by atomic mass is 10.1. The molecule has 1 aromatic carbocycles. The van der Waals surface area contributed by atoms with Gasteiger partial charge in [0.05, 0.1) is 0 Å². The molecule has 4 nitrogen and oxygen atoms in total. The van der Waals surface area contributed by atoms with Crippen molar-refractivity contribution >= 4 is 17.7 Å². The predicted molar refractivity (Wildman–Crippen MR) is 75.2 cm³/mol. The average molecular weight is 286 g/mol. The molecule has 0 aromatic heterocycles. The number of hydrogen-bond acceptors (Lipinski definition) is 3. The molecule has 0 unspecified atom stereocenters. The van der Waals surface area contributed by atoms with Crippen molar-refractivity contribution in [2.75, 3.05) is 12.5 Å². The van der Waals surface area contributed by atoms with Gasteiger partial charge in [-0.15, -0.1) is 11.6 Å². The van der Waals surface area contributed by atoms with E-state index < -0.39 is 6.09 Å².